The summed E-state index contributed by atoms with van der Waals surface area (Å²) in [6.45, 7) is 7.71. The Hall–Kier alpha value is -1.77. The first-order chi connectivity index (χ1) is 10.7. The van der Waals surface area contributed by atoms with Gasteiger partial charge in [-0.05, 0) is 31.4 Å². The predicted octanol–water partition coefficient (Wildman–Crippen LogP) is 4.43. The molecule has 0 aliphatic carbocycles. The van der Waals surface area contributed by atoms with Crippen LogP contribution in [0.15, 0.2) is 30.3 Å². The van der Waals surface area contributed by atoms with Crippen molar-refractivity contribution in [3.63, 3.8) is 0 Å². The zero-order chi connectivity index (χ0) is 16.2. The highest BCUT2D eigenvalue weighted by atomic mass is 16.5. The van der Waals surface area contributed by atoms with Crippen molar-refractivity contribution in [3.05, 3.63) is 35.9 Å². The van der Waals surface area contributed by atoms with E-state index in [0.29, 0.717) is 12.5 Å². The molecule has 0 saturated heterocycles. The van der Waals surface area contributed by atoms with Crippen LogP contribution in [0.4, 0.5) is 0 Å². The Morgan fingerprint density at radius 3 is 2.73 bits per heavy atom. The van der Waals surface area contributed by atoms with Crippen molar-refractivity contribution in [3.8, 4) is 5.75 Å². The standard InChI is InChI=1S/C19H29NO2/c1-4-7-10-16(5-2)15-20-19(21)14-13-17-11-8-9-12-18(17)22-6-3/h8-9,11-14,16H,4-7,10,15H2,1-3H3,(H,20,21)/b14-13+. The van der Waals surface area contributed by atoms with E-state index in [4.69, 9.17) is 4.74 Å². The summed E-state index contributed by atoms with van der Waals surface area (Å²) in [6.07, 6.45) is 8.13. The van der Waals surface area contributed by atoms with Gasteiger partial charge in [-0.1, -0.05) is 51.3 Å². The van der Waals surface area contributed by atoms with E-state index < -0.39 is 0 Å². The fraction of sp³-hybridized carbons (Fsp3) is 0.526. The zero-order valence-electron chi connectivity index (χ0n) is 14.1. The van der Waals surface area contributed by atoms with Crippen LogP contribution in [-0.2, 0) is 4.79 Å². The lowest BCUT2D eigenvalue weighted by Gasteiger charge is -2.14. The van der Waals surface area contributed by atoms with Crippen LogP contribution >= 0.6 is 0 Å². The Morgan fingerprint density at radius 1 is 1.27 bits per heavy atom. The maximum absolute atomic E-state index is 11.9. The second kappa shape index (κ2) is 10.9. The molecular weight excluding hydrogens is 274 g/mol. The largest absolute Gasteiger partial charge is 0.493 e. The molecule has 3 nitrogen and oxygen atoms in total. The van der Waals surface area contributed by atoms with Crippen LogP contribution in [0.25, 0.3) is 6.08 Å². The highest BCUT2D eigenvalue weighted by Gasteiger charge is 2.07. The monoisotopic (exact) mass is 303 g/mol. The van der Waals surface area contributed by atoms with E-state index in [1.165, 1.54) is 19.3 Å². The second-order valence-corrected chi connectivity index (χ2v) is 5.47. The van der Waals surface area contributed by atoms with Gasteiger partial charge in [0, 0.05) is 18.2 Å². The SMILES string of the molecule is CCCCC(CC)CNC(=O)/C=C/c1ccccc1OCC. The lowest BCUT2D eigenvalue weighted by atomic mass is 9.99. The van der Waals surface area contributed by atoms with E-state index in [1.54, 1.807) is 6.08 Å². The number of carbonyl (C=O) groups excluding carboxylic acids is 1. The minimum Gasteiger partial charge on any atom is -0.493 e. The van der Waals surface area contributed by atoms with Gasteiger partial charge in [0.1, 0.15) is 5.75 Å². The van der Waals surface area contributed by atoms with E-state index in [2.05, 4.69) is 19.2 Å². The van der Waals surface area contributed by atoms with E-state index in [0.717, 1.165) is 24.3 Å². The Morgan fingerprint density at radius 2 is 2.05 bits per heavy atom. The normalized spacial score (nSPS) is 12.3. The molecule has 0 saturated carbocycles. The summed E-state index contributed by atoms with van der Waals surface area (Å²) in [5, 5.41) is 3.00. The number of nitrogens with one attached hydrogen (secondary N) is 1. The second-order valence-electron chi connectivity index (χ2n) is 5.47. The minimum atomic E-state index is -0.0405. The maximum atomic E-state index is 11.9. The Kier molecular flexibility index (Phi) is 9.04. The molecule has 1 N–H and O–H groups in total. The molecule has 22 heavy (non-hydrogen) atoms. The number of carbonyl (C=O) groups is 1. The minimum absolute atomic E-state index is 0.0405. The maximum Gasteiger partial charge on any atom is 0.244 e. The van der Waals surface area contributed by atoms with Crippen LogP contribution in [0.1, 0.15) is 52.0 Å². The van der Waals surface area contributed by atoms with Gasteiger partial charge in [-0.3, -0.25) is 4.79 Å². The van der Waals surface area contributed by atoms with Gasteiger partial charge in [0.05, 0.1) is 6.61 Å². The van der Waals surface area contributed by atoms with Gasteiger partial charge >= 0.3 is 0 Å². The van der Waals surface area contributed by atoms with E-state index in [-0.39, 0.29) is 5.91 Å². The molecule has 0 spiro atoms. The van der Waals surface area contributed by atoms with Gasteiger partial charge in [-0.2, -0.15) is 0 Å². The third-order valence-corrected chi connectivity index (χ3v) is 3.74. The zero-order valence-corrected chi connectivity index (χ0v) is 14.1. The average molecular weight is 303 g/mol. The molecule has 1 aromatic rings. The quantitative estimate of drug-likeness (QED) is 0.649. The van der Waals surface area contributed by atoms with Crippen molar-refractivity contribution in [1.29, 1.82) is 0 Å². The van der Waals surface area contributed by atoms with E-state index in [1.807, 2.05) is 37.3 Å². The highest BCUT2D eigenvalue weighted by molar-refractivity contribution is 5.92. The molecule has 0 radical (unpaired) electrons. The Labute approximate surface area is 134 Å². The van der Waals surface area contributed by atoms with Crippen molar-refractivity contribution in [2.24, 2.45) is 5.92 Å². The molecule has 1 rings (SSSR count). The summed E-state index contributed by atoms with van der Waals surface area (Å²) in [4.78, 5) is 11.9. The first kappa shape index (κ1) is 18.3. The fourth-order valence-electron chi connectivity index (χ4n) is 2.32. The van der Waals surface area contributed by atoms with Crippen LogP contribution < -0.4 is 10.1 Å². The Bertz CT molecular complexity index is 468. The average Bonchev–Trinajstić information content (AvgIpc) is 2.54. The summed E-state index contributed by atoms with van der Waals surface area (Å²) in [5.74, 6) is 1.35. The van der Waals surface area contributed by atoms with Gasteiger partial charge in [-0.25, -0.2) is 0 Å². The molecule has 1 atom stereocenters. The number of benzene rings is 1. The lowest BCUT2D eigenvalue weighted by Crippen LogP contribution is -2.27. The number of rotatable bonds is 10. The van der Waals surface area contributed by atoms with Gasteiger partial charge < -0.3 is 10.1 Å². The number of hydrogen-bond donors (Lipinski definition) is 1. The third kappa shape index (κ3) is 6.79. The van der Waals surface area contributed by atoms with E-state index in [9.17, 15) is 4.79 Å². The molecule has 0 bridgehead atoms. The molecule has 3 heteroatoms. The molecule has 122 valence electrons. The van der Waals surface area contributed by atoms with Crippen molar-refractivity contribution >= 4 is 12.0 Å². The van der Waals surface area contributed by atoms with Crippen LogP contribution in [0.3, 0.4) is 0 Å². The number of unbranched alkanes of at least 4 members (excludes halogenated alkanes) is 1. The highest BCUT2D eigenvalue weighted by Crippen LogP contribution is 2.19. The van der Waals surface area contributed by atoms with E-state index >= 15 is 0 Å². The van der Waals surface area contributed by atoms with Gasteiger partial charge in [0.15, 0.2) is 0 Å². The summed E-state index contributed by atoms with van der Waals surface area (Å²) in [5.41, 5.74) is 0.928. The molecule has 0 aliphatic rings. The summed E-state index contributed by atoms with van der Waals surface area (Å²) in [7, 11) is 0. The number of hydrogen-bond acceptors (Lipinski definition) is 2. The fourth-order valence-corrected chi connectivity index (χ4v) is 2.32. The Balaban J connectivity index is 2.50. The first-order valence-corrected chi connectivity index (χ1v) is 8.38. The van der Waals surface area contributed by atoms with Crippen molar-refractivity contribution in [2.75, 3.05) is 13.2 Å². The topological polar surface area (TPSA) is 38.3 Å². The van der Waals surface area contributed by atoms with Crippen LogP contribution in [0, 0.1) is 5.92 Å². The molecule has 0 aliphatic heterocycles. The molecular formula is C19H29NO2. The summed E-state index contributed by atoms with van der Waals surface area (Å²) >= 11 is 0. The van der Waals surface area contributed by atoms with Gasteiger partial charge in [0.2, 0.25) is 5.91 Å². The molecule has 1 aromatic carbocycles. The van der Waals surface area contributed by atoms with Crippen LogP contribution in [-0.4, -0.2) is 19.1 Å². The third-order valence-electron chi connectivity index (χ3n) is 3.74. The molecule has 0 fully saturated rings. The molecule has 1 unspecified atom stereocenters. The number of ether oxygens (including phenoxy) is 1. The van der Waals surface area contributed by atoms with Crippen molar-refractivity contribution < 1.29 is 9.53 Å². The van der Waals surface area contributed by atoms with Crippen LogP contribution in [0.2, 0.25) is 0 Å². The smallest absolute Gasteiger partial charge is 0.244 e. The molecule has 0 heterocycles. The van der Waals surface area contributed by atoms with Crippen molar-refractivity contribution in [2.45, 2.75) is 46.5 Å². The number of amides is 1. The first-order valence-electron chi connectivity index (χ1n) is 8.38. The summed E-state index contributed by atoms with van der Waals surface area (Å²) in [6, 6.07) is 7.74. The molecule has 1 amide bonds. The van der Waals surface area contributed by atoms with Gasteiger partial charge in [-0.15, -0.1) is 0 Å². The van der Waals surface area contributed by atoms with Crippen LogP contribution in [0.5, 0.6) is 5.75 Å². The molecule has 0 aromatic heterocycles. The lowest BCUT2D eigenvalue weighted by molar-refractivity contribution is -0.116. The summed E-state index contributed by atoms with van der Waals surface area (Å²) < 4.78 is 5.55. The van der Waals surface area contributed by atoms with Crippen molar-refractivity contribution in [1.82, 2.24) is 5.32 Å². The number of para-hydroxylation sites is 1. The predicted molar refractivity (Wildman–Crippen MR) is 93.0 cm³/mol. The van der Waals surface area contributed by atoms with Gasteiger partial charge in [0.25, 0.3) is 0 Å².